The number of allylic oxidation sites excluding steroid dienone is 2. The molecule has 0 saturated carbocycles. The summed E-state index contributed by atoms with van der Waals surface area (Å²) in [6.45, 7) is 9.36. The first-order chi connectivity index (χ1) is 12.6. The van der Waals surface area contributed by atoms with Crippen LogP contribution in [0.1, 0.15) is 52.2 Å². The molecule has 1 aliphatic heterocycles. The van der Waals surface area contributed by atoms with Crippen molar-refractivity contribution in [3.05, 3.63) is 46.7 Å². The first kappa shape index (κ1) is 19.2. The summed E-state index contributed by atoms with van der Waals surface area (Å²) in [5.41, 5.74) is 5.09. The predicted octanol–water partition coefficient (Wildman–Crippen LogP) is 3.44. The minimum absolute atomic E-state index is 0.129. The van der Waals surface area contributed by atoms with Crippen LogP contribution >= 0.6 is 0 Å². The minimum atomic E-state index is -0.601. The molecular weight excluding hydrogens is 340 g/mol. The van der Waals surface area contributed by atoms with Crippen LogP contribution < -0.4 is 10.1 Å². The van der Waals surface area contributed by atoms with E-state index in [2.05, 4.69) is 17.4 Å². The largest absolute Gasteiger partial charge is 0.497 e. The highest BCUT2D eigenvalue weighted by Gasteiger charge is 2.39. The fourth-order valence-electron chi connectivity index (χ4n) is 3.97. The van der Waals surface area contributed by atoms with Gasteiger partial charge in [-0.25, -0.2) is 0 Å². The van der Waals surface area contributed by atoms with Gasteiger partial charge >= 0.3 is 0 Å². The lowest BCUT2D eigenvalue weighted by atomic mass is 9.77. The summed E-state index contributed by atoms with van der Waals surface area (Å²) in [4.78, 5) is 27.0. The maximum atomic E-state index is 13.1. The van der Waals surface area contributed by atoms with Crippen LogP contribution in [0.3, 0.4) is 0 Å². The number of rotatable bonds is 2. The number of amides is 2. The molecule has 0 fully saturated rings. The monoisotopic (exact) mass is 368 g/mol. The van der Waals surface area contributed by atoms with Gasteiger partial charge in [0.1, 0.15) is 11.8 Å². The van der Waals surface area contributed by atoms with Gasteiger partial charge in [-0.2, -0.15) is 0 Å². The van der Waals surface area contributed by atoms with Gasteiger partial charge in [0.25, 0.3) is 0 Å². The van der Waals surface area contributed by atoms with Crippen LogP contribution in [0.4, 0.5) is 0 Å². The van der Waals surface area contributed by atoms with Gasteiger partial charge in [0.15, 0.2) is 0 Å². The van der Waals surface area contributed by atoms with Crippen LogP contribution in [0.15, 0.2) is 35.5 Å². The average molecular weight is 368 g/mol. The third-order valence-corrected chi connectivity index (χ3v) is 5.01. The SMILES string of the molecule is COc1ccc2c(c1)CCC1=C2C(C)=CN(C(C)=O)C1C(=O)NC(C)(C)C. The summed E-state index contributed by atoms with van der Waals surface area (Å²) in [7, 11) is 1.67. The number of carbonyl (C=O) groups is 2. The fraction of sp³-hybridized carbons (Fsp3) is 0.455. The predicted molar refractivity (Wildman–Crippen MR) is 106 cm³/mol. The summed E-state index contributed by atoms with van der Waals surface area (Å²) < 4.78 is 5.36. The number of hydrogen-bond acceptors (Lipinski definition) is 3. The zero-order chi connectivity index (χ0) is 19.9. The molecule has 2 aliphatic rings. The Morgan fingerprint density at radius 3 is 2.52 bits per heavy atom. The highest BCUT2D eigenvalue weighted by molar-refractivity contribution is 5.98. The average Bonchev–Trinajstić information content (AvgIpc) is 2.58. The lowest BCUT2D eigenvalue weighted by molar-refractivity contribution is -0.135. The van der Waals surface area contributed by atoms with Gasteiger partial charge in [0, 0.05) is 18.7 Å². The second-order valence-electron chi connectivity index (χ2n) is 8.30. The summed E-state index contributed by atoms with van der Waals surface area (Å²) in [5, 5.41) is 3.05. The second-order valence-corrected chi connectivity index (χ2v) is 8.30. The normalized spacial score (nSPS) is 19.1. The molecule has 1 aromatic rings. The van der Waals surface area contributed by atoms with E-state index in [0.717, 1.165) is 40.9 Å². The maximum absolute atomic E-state index is 13.1. The van der Waals surface area contributed by atoms with Gasteiger partial charge in [0.2, 0.25) is 11.8 Å². The number of hydrogen-bond donors (Lipinski definition) is 1. The Kier molecular flexibility index (Phi) is 4.89. The standard InChI is InChI=1S/C22H28N2O3/c1-13-12-24(14(2)25)20(21(26)23-22(3,4)5)18-9-7-15-11-16(27-6)8-10-17(15)19(13)18/h8,10-12,20H,7,9H2,1-6H3,(H,23,26). The highest BCUT2D eigenvalue weighted by atomic mass is 16.5. The van der Waals surface area contributed by atoms with E-state index in [1.807, 2.05) is 40.0 Å². The number of nitrogens with zero attached hydrogens (tertiary/aromatic N) is 1. The first-order valence-electron chi connectivity index (χ1n) is 9.32. The van der Waals surface area contributed by atoms with Gasteiger partial charge in [0.05, 0.1) is 7.11 Å². The first-order valence-corrected chi connectivity index (χ1v) is 9.32. The van der Waals surface area contributed by atoms with Crippen molar-refractivity contribution in [2.75, 3.05) is 7.11 Å². The molecule has 1 unspecified atom stereocenters. The van der Waals surface area contributed by atoms with E-state index >= 15 is 0 Å². The molecule has 1 heterocycles. The Bertz CT molecular complexity index is 859. The zero-order valence-corrected chi connectivity index (χ0v) is 17.0. The molecule has 0 saturated heterocycles. The molecule has 3 rings (SSSR count). The van der Waals surface area contributed by atoms with Gasteiger partial charge in [-0.15, -0.1) is 0 Å². The van der Waals surface area contributed by atoms with E-state index in [-0.39, 0.29) is 17.4 Å². The molecule has 5 nitrogen and oxygen atoms in total. The summed E-state index contributed by atoms with van der Waals surface area (Å²) in [5.74, 6) is 0.573. The molecule has 1 aliphatic carbocycles. The van der Waals surface area contributed by atoms with Gasteiger partial charge in [-0.1, -0.05) is 6.07 Å². The van der Waals surface area contributed by atoms with Crippen LogP contribution in [0, 0.1) is 0 Å². The number of nitrogens with one attached hydrogen (secondary N) is 1. The van der Waals surface area contributed by atoms with Gasteiger partial charge in [-0.3, -0.25) is 9.59 Å². The molecule has 1 atom stereocenters. The van der Waals surface area contributed by atoms with Crippen molar-refractivity contribution in [3.8, 4) is 5.75 Å². The van der Waals surface area contributed by atoms with Gasteiger partial charge < -0.3 is 15.0 Å². The lowest BCUT2D eigenvalue weighted by Crippen LogP contribution is -2.54. The maximum Gasteiger partial charge on any atom is 0.247 e. The Balaban J connectivity index is 2.12. The number of aryl methyl sites for hydroxylation is 1. The highest BCUT2D eigenvalue weighted by Crippen LogP contribution is 2.42. The number of carbonyl (C=O) groups excluding carboxylic acids is 2. The van der Waals surface area contributed by atoms with Crippen LogP contribution in [-0.2, 0) is 16.0 Å². The molecule has 1 N–H and O–H groups in total. The van der Waals surface area contributed by atoms with Crippen molar-refractivity contribution >= 4 is 17.4 Å². The molecule has 144 valence electrons. The number of fused-ring (bicyclic) bond motifs is 2. The molecule has 0 aromatic heterocycles. The third-order valence-electron chi connectivity index (χ3n) is 5.01. The van der Waals surface area contributed by atoms with Gasteiger partial charge in [-0.05, 0) is 80.5 Å². The smallest absolute Gasteiger partial charge is 0.247 e. The molecule has 27 heavy (non-hydrogen) atoms. The van der Waals surface area contributed by atoms with Crippen molar-refractivity contribution in [1.82, 2.24) is 10.2 Å². The minimum Gasteiger partial charge on any atom is -0.497 e. The van der Waals surface area contributed by atoms with E-state index in [1.165, 1.54) is 12.5 Å². The quantitative estimate of drug-likeness (QED) is 0.870. The summed E-state index contributed by atoms with van der Waals surface area (Å²) >= 11 is 0. The Labute approximate surface area is 161 Å². The molecule has 0 radical (unpaired) electrons. The molecule has 5 heteroatoms. The van der Waals surface area contributed by atoms with Crippen LogP contribution in [-0.4, -0.2) is 35.4 Å². The van der Waals surface area contributed by atoms with Crippen molar-refractivity contribution < 1.29 is 14.3 Å². The Morgan fingerprint density at radius 1 is 1.22 bits per heavy atom. The Hall–Kier alpha value is -2.56. The van der Waals surface area contributed by atoms with E-state index in [9.17, 15) is 9.59 Å². The zero-order valence-electron chi connectivity index (χ0n) is 17.0. The number of benzene rings is 1. The van der Waals surface area contributed by atoms with Crippen molar-refractivity contribution in [2.45, 2.75) is 59.0 Å². The van der Waals surface area contributed by atoms with Crippen molar-refractivity contribution in [3.63, 3.8) is 0 Å². The van der Waals surface area contributed by atoms with E-state index in [0.29, 0.717) is 0 Å². The van der Waals surface area contributed by atoms with Crippen LogP contribution in [0.5, 0.6) is 5.75 Å². The molecular formula is C22H28N2O3. The topological polar surface area (TPSA) is 58.6 Å². The van der Waals surface area contributed by atoms with E-state index < -0.39 is 6.04 Å². The Morgan fingerprint density at radius 2 is 1.93 bits per heavy atom. The summed E-state index contributed by atoms with van der Waals surface area (Å²) in [6, 6.07) is 5.47. The molecule has 0 bridgehead atoms. The summed E-state index contributed by atoms with van der Waals surface area (Å²) in [6.07, 6.45) is 3.38. The molecule has 1 aromatic carbocycles. The van der Waals surface area contributed by atoms with E-state index in [1.54, 1.807) is 12.0 Å². The second kappa shape index (κ2) is 6.87. The fourth-order valence-corrected chi connectivity index (χ4v) is 3.97. The lowest BCUT2D eigenvalue weighted by Gasteiger charge is -2.39. The third kappa shape index (κ3) is 3.64. The molecule has 0 spiro atoms. The van der Waals surface area contributed by atoms with Crippen molar-refractivity contribution in [1.29, 1.82) is 0 Å². The van der Waals surface area contributed by atoms with E-state index in [4.69, 9.17) is 4.74 Å². The van der Waals surface area contributed by atoms with Crippen LogP contribution in [0.25, 0.3) is 5.57 Å². The number of methoxy groups -OCH3 is 1. The number of ether oxygens (including phenoxy) is 1. The molecule has 2 amide bonds. The van der Waals surface area contributed by atoms with Crippen molar-refractivity contribution in [2.24, 2.45) is 0 Å². The van der Waals surface area contributed by atoms with Crippen LogP contribution in [0.2, 0.25) is 0 Å².